The van der Waals surface area contributed by atoms with E-state index < -0.39 is 5.97 Å². The summed E-state index contributed by atoms with van der Waals surface area (Å²) in [5, 5.41) is 1.24. The van der Waals surface area contributed by atoms with Gasteiger partial charge in [0.2, 0.25) is 0 Å². The molecule has 0 aliphatic heterocycles. The number of hydrogen-bond donors (Lipinski definition) is 0. The number of rotatable bonds is 1. The maximum absolute atomic E-state index is 11.5. The van der Waals surface area contributed by atoms with Crippen molar-refractivity contribution in [3.05, 3.63) is 33.4 Å². The van der Waals surface area contributed by atoms with Crippen LogP contribution in [0.4, 0.5) is 0 Å². The van der Waals surface area contributed by atoms with Gasteiger partial charge >= 0.3 is 5.97 Å². The molecule has 0 N–H and O–H groups in total. The maximum atomic E-state index is 11.5. The van der Waals surface area contributed by atoms with E-state index in [0.29, 0.717) is 10.6 Å². The molecule has 0 radical (unpaired) electrons. The zero-order chi connectivity index (χ0) is 11.9. The second kappa shape index (κ2) is 4.11. The second-order valence-corrected chi connectivity index (χ2v) is 4.63. The molecule has 2 aromatic rings. The summed E-state index contributed by atoms with van der Waals surface area (Å²) in [4.78, 5) is 11.5. The molecule has 0 saturated carbocycles. The number of fused-ring (bicyclic) bond motifs is 1. The van der Waals surface area contributed by atoms with Gasteiger partial charge in [-0.3, -0.25) is 0 Å². The van der Waals surface area contributed by atoms with Crippen molar-refractivity contribution in [3.8, 4) is 0 Å². The third kappa shape index (κ3) is 1.62. The molecule has 1 heterocycles. The average Bonchev–Trinajstić information content (AvgIpc) is 2.54. The van der Waals surface area contributed by atoms with Crippen molar-refractivity contribution in [2.75, 3.05) is 7.11 Å². The van der Waals surface area contributed by atoms with E-state index in [1.807, 2.05) is 23.9 Å². The van der Waals surface area contributed by atoms with Gasteiger partial charge < -0.3 is 9.30 Å². The largest absolute Gasteiger partial charge is 0.465 e. The number of halogens is 2. The zero-order valence-electron chi connectivity index (χ0n) is 8.75. The van der Waals surface area contributed by atoms with Crippen LogP contribution in [0.3, 0.4) is 0 Å². The third-order valence-electron chi connectivity index (χ3n) is 2.45. The van der Waals surface area contributed by atoms with E-state index in [4.69, 9.17) is 11.6 Å². The molecule has 0 atom stereocenters. The Hall–Kier alpha value is -1.00. The van der Waals surface area contributed by atoms with Crippen LogP contribution in [0.2, 0.25) is 5.02 Å². The Morgan fingerprint density at radius 1 is 1.50 bits per heavy atom. The molecule has 1 aromatic heterocycles. The Bertz CT molecular complexity index is 577. The number of carbonyl (C=O) groups is 1. The normalized spacial score (nSPS) is 10.8. The van der Waals surface area contributed by atoms with Gasteiger partial charge in [-0.1, -0.05) is 11.6 Å². The molecule has 84 valence electrons. The van der Waals surface area contributed by atoms with Crippen LogP contribution in [-0.2, 0) is 11.8 Å². The van der Waals surface area contributed by atoms with E-state index in [0.717, 1.165) is 15.4 Å². The number of nitrogens with zero attached hydrogens (tertiary/aromatic N) is 1. The fourth-order valence-corrected chi connectivity index (χ4v) is 2.82. The molecule has 0 aliphatic rings. The van der Waals surface area contributed by atoms with E-state index in [1.165, 1.54) is 7.11 Å². The van der Waals surface area contributed by atoms with Gasteiger partial charge in [0.25, 0.3) is 0 Å². The second-order valence-electron chi connectivity index (χ2n) is 3.40. The summed E-state index contributed by atoms with van der Waals surface area (Å²) in [5.74, 6) is -0.428. The lowest BCUT2D eigenvalue weighted by molar-refractivity contribution is 0.0601. The first-order valence-corrected chi connectivity index (χ1v) is 5.74. The number of benzene rings is 1. The summed E-state index contributed by atoms with van der Waals surface area (Å²) >= 11 is 9.61. The minimum atomic E-state index is -0.428. The summed E-state index contributed by atoms with van der Waals surface area (Å²) in [6.07, 6.45) is 1.90. The molecule has 0 unspecified atom stereocenters. The Morgan fingerprint density at radius 3 is 2.81 bits per heavy atom. The summed E-state index contributed by atoms with van der Waals surface area (Å²) in [6.45, 7) is 0. The summed E-state index contributed by atoms with van der Waals surface area (Å²) in [5.41, 5.74) is 1.34. The average molecular weight is 303 g/mol. The predicted molar refractivity (Wildman–Crippen MR) is 67.0 cm³/mol. The molecule has 0 fully saturated rings. The van der Waals surface area contributed by atoms with E-state index in [2.05, 4.69) is 20.7 Å². The van der Waals surface area contributed by atoms with Crippen LogP contribution in [0.1, 0.15) is 10.4 Å². The van der Waals surface area contributed by atoms with Crippen LogP contribution in [0.25, 0.3) is 10.9 Å². The lowest BCUT2D eigenvalue weighted by atomic mass is 10.1. The molecule has 0 saturated heterocycles. The first kappa shape index (κ1) is 11.5. The van der Waals surface area contributed by atoms with Gasteiger partial charge in [-0.05, 0) is 28.1 Å². The molecular formula is C11H9BrClNO2. The number of aromatic nitrogens is 1. The molecule has 0 spiro atoms. The maximum Gasteiger partial charge on any atom is 0.339 e. The molecule has 16 heavy (non-hydrogen) atoms. The van der Waals surface area contributed by atoms with Gasteiger partial charge in [0.1, 0.15) is 0 Å². The van der Waals surface area contributed by atoms with E-state index in [-0.39, 0.29) is 0 Å². The Kier molecular flexibility index (Phi) is 2.95. The molecule has 5 heteroatoms. The zero-order valence-corrected chi connectivity index (χ0v) is 11.1. The Morgan fingerprint density at radius 2 is 2.19 bits per heavy atom. The molecular weight excluding hydrogens is 293 g/mol. The predicted octanol–water partition coefficient (Wildman–Crippen LogP) is 3.38. The van der Waals surface area contributed by atoms with Gasteiger partial charge in [0.05, 0.1) is 23.2 Å². The third-order valence-corrected chi connectivity index (χ3v) is 3.44. The molecule has 0 aliphatic carbocycles. The van der Waals surface area contributed by atoms with Gasteiger partial charge in [-0.25, -0.2) is 4.79 Å². The number of esters is 1. The Balaban J connectivity index is 2.79. The highest BCUT2D eigenvalue weighted by Crippen LogP contribution is 2.34. The highest BCUT2D eigenvalue weighted by Gasteiger charge is 2.16. The molecule has 2 rings (SSSR count). The van der Waals surface area contributed by atoms with Gasteiger partial charge in [0.15, 0.2) is 0 Å². The minimum absolute atomic E-state index is 0.378. The lowest BCUT2D eigenvalue weighted by Gasteiger charge is -2.04. The number of ether oxygens (including phenoxy) is 1. The summed E-state index contributed by atoms with van der Waals surface area (Å²) in [7, 11) is 3.25. The number of carbonyl (C=O) groups excluding carboxylic acids is 1. The summed E-state index contributed by atoms with van der Waals surface area (Å²) in [6, 6.07) is 3.52. The van der Waals surface area contributed by atoms with Crippen LogP contribution in [0.5, 0.6) is 0 Å². The van der Waals surface area contributed by atoms with Crippen molar-refractivity contribution in [3.63, 3.8) is 0 Å². The fraction of sp³-hybridized carbons (Fsp3) is 0.182. The summed E-state index contributed by atoms with van der Waals surface area (Å²) < 4.78 is 7.47. The van der Waals surface area contributed by atoms with Crippen molar-refractivity contribution in [2.45, 2.75) is 0 Å². The minimum Gasteiger partial charge on any atom is -0.465 e. The lowest BCUT2D eigenvalue weighted by Crippen LogP contribution is -2.02. The van der Waals surface area contributed by atoms with Crippen molar-refractivity contribution in [1.82, 2.24) is 4.57 Å². The monoisotopic (exact) mass is 301 g/mol. The van der Waals surface area contributed by atoms with Crippen LogP contribution < -0.4 is 0 Å². The van der Waals surface area contributed by atoms with Crippen LogP contribution in [-0.4, -0.2) is 17.6 Å². The SMILES string of the molecule is COC(=O)c1ccc2c(c(Br)cn2C)c1Cl. The van der Waals surface area contributed by atoms with E-state index in [1.54, 1.807) is 6.07 Å². The molecule has 0 bridgehead atoms. The first-order valence-electron chi connectivity index (χ1n) is 4.57. The smallest absolute Gasteiger partial charge is 0.339 e. The van der Waals surface area contributed by atoms with Gasteiger partial charge in [0, 0.05) is 23.1 Å². The Labute approximate surface area is 106 Å². The van der Waals surface area contributed by atoms with Crippen molar-refractivity contribution in [2.24, 2.45) is 7.05 Å². The van der Waals surface area contributed by atoms with E-state index in [9.17, 15) is 4.79 Å². The number of aryl methyl sites for hydroxylation is 1. The molecule has 1 aromatic carbocycles. The quantitative estimate of drug-likeness (QED) is 0.756. The topological polar surface area (TPSA) is 31.2 Å². The van der Waals surface area contributed by atoms with Crippen LogP contribution >= 0.6 is 27.5 Å². The molecule has 3 nitrogen and oxygen atoms in total. The standard InChI is InChI=1S/C11H9BrClNO2/c1-14-5-7(12)9-8(14)4-3-6(10(9)13)11(15)16-2/h3-5H,1-2H3. The van der Waals surface area contributed by atoms with Crippen LogP contribution in [0, 0.1) is 0 Å². The van der Waals surface area contributed by atoms with Crippen molar-refractivity contribution < 1.29 is 9.53 Å². The van der Waals surface area contributed by atoms with Gasteiger partial charge in [-0.2, -0.15) is 0 Å². The van der Waals surface area contributed by atoms with Crippen LogP contribution in [0.15, 0.2) is 22.8 Å². The number of hydrogen-bond acceptors (Lipinski definition) is 2. The number of methoxy groups -OCH3 is 1. The molecule has 0 amide bonds. The van der Waals surface area contributed by atoms with Crippen molar-refractivity contribution in [1.29, 1.82) is 0 Å². The first-order chi connectivity index (χ1) is 7.56. The van der Waals surface area contributed by atoms with Crippen molar-refractivity contribution >= 4 is 44.4 Å². The van der Waals surface area contributed by atoms with Gasteiger partial charge in [-0.15, -0.1) is 0 Å². The van der Waals surface area contributed by atoms with E-state index >= 15 is 0 Å². The highest BCUT2D eigenvalue weighted by molar-refractivity contribution is 9.10. The fourth-order valence-electron chi connectivity index (χ4n) is 1.66. The highest BCUT2D eigenvalue weighted by atomic mass is 79.9.